The second-order valence-corrected chi connectivity index (χ2v) is 8.02. The number of ether oxygens (including phenoxy) is 2. The molecule has 3 rings (SSSR count). The summed E-state index contributed by atoms with van der Waals surface area (Å²) in [6.45, 7) is 8.56. The van der Waals surface area contributed by atoms with Crippen LogP contribution in [-0.4, -0.2) is 63.9 Å². The number of aliphatic imine (C=N–C) groups is 1. The maximum atomic E-state index is 5.73. The first-order valence-corrected chi connectivity index (χ1v) is 11.3. The van der Waals surface area contributed by atoms with Gasteiger partial charge in [0.15, 0.2) is 5.96 Å². The molecule has 1 aliphatic heterocycles. The van der Waals surface area contributed by atoms with Gasteiger partial charge in [-0.2, -0.15) is 0 Å². The molecule has 1 aromatic rings. The first-order chi connectivity index (χ1) is 14.3. The summed E-state index contributed by atoms with van der Waals surface area (Å²) in [5.41, 5.74) is 1.23. The molecular weight excluding hydrogens is 364 g/mol. The van der Waals surface area contributed by atoms with Crippen molar-refractivity contribution in [2.24, 2.45) is 10.9 Å². The first kappa shape index (κ1) is 21.9. The summed E-state index contributed by atoms with van der Waals surface area (Å²) < 4.78 is 11.4. The molecule has 1 unspecified atom stereocenters. The molecule has 1 atom stereocenters. The number of para-hydroxylation sites is 1. The van der Waals surface area contributed by atoms with E-state index in [1.807, 2.05) is 12.1 Å². The minimum absolute atomic E-state index is 0.242. The molecule has 1 saturated heterocycles. The minimum atomic E-state index is 0.242. The van der Waals surface area contributed by atoms with Crippen LogP contribution in [0, 0.1) is 5.92 Å². The van der Waals surface area contributed by atoms with Gasteiger partial charge in [-0.25, -0.2) is 0 Å². The van der Waals surface area contributed by atoms with Gasteiger partial charge in [0.1, 0.15) is 5.75 Å². The van der Waals surface area contributed by atoms with Gasteiger partial charge < -0.3 is 20.1 Å². The number of nitrogens with zero attached hydrogens (tertiary/aromatic N) is 2. The highest BCUT2D eigenvalue weighted by Gasteiger charge is 2.25. The number of hydrogen-bond acceptors (Lipinski definition) is 4. The van der Waals surface area contributed by atoms with Crippen molar-refractivity contribution in [3.63, 3.8) is 0 Å². The van der Waals surface area contributed by atoms with Crippen LogP contribution in [0.2, 0.25) is 0 Å². The third-order valence-electron chi connectivity index (χ3n) is 5.65. The molecule has 0 bridgehead atoms. The summed E-state index contributed by atoms with van der Waals surface area (Å²) in [5, 5.41) is 6.84. The van der Waals surface area contributed by atoms with Gasteiger partial charge in [-0.1, -0.05) is 18.2 Å². The Bertz CT molecular complexity index is 627. The molecule has 1 aliphatic carbocycles. The van der Waals surface area contributed by atoms with Crippen LogP contribution in [-0.2, 0) is 4.74 Å². The van der Waals surface area contributed by atoms with Crippen molar-refractivity contribution in [1.82, 2.24) is 15.5 Å². The van der Waals surface area contributed by atoms with Gasteiger partial charge in [-0.15, -0.1) is 0 Å². The van der Waals surface area contributed by atoms with E-state index in [-0.39, 0.29) is 6.04 Å². The van der Waals surface area contributed by atoms with Gasteiger partial charge >= 0.3 is 0 Å². The second kappa shape index (κ2) is 12.0. The zero-order chi connectivity index (χ0) is 20.3. The zero-order valence-corrected chi connectivity index (χ0v) is 18.2. The third kappa shape index (κ3) is 7.19. The Balaban J connectivity index is 1.56. The highest BCUT2D eigenvalue weighted by Crippen LogP contribution is 2.32. The predicted octanol–water partition coefficient (Wildman–Crippen LogP) is 3.20. The molecule has 2 N–H and O–H groups in total. The number of benzene rings is 1. The van der Waals surface area contributed by atoms with Gasteiger partial charge in [-0.3, -0.25) is 9.89 Å². The highest BCUT2D eigenvalue weighted by atomic mass is 16.5. The second-order valence-electron chi connectivity index (χ2n) is 8.02. The molecule has 0 spiro atoms. The zero-order valence-electron chi connectivity index (χ0n) is 18.2. The summed E-state index contributed by atoms with van der Waals surface area (Å²) in [6, 6.07) is 8.59. The first-order valence-electron chi connectivity index (χ1n) is 11.3. The van der Waals surface area contributed by atoms with Crippen molar-refractivity contribution in [2.45, 2.75) is 45.1 Å². The standard InChI is InChI=1S/C23H38N4O2/c1-3-24-23(25-13-8-16-29-18-19-11-12-19)26-17-21(27-14-6-7-15-27)20-9-4-5-10-22(20)28-2/h4-5,9-10,19,21H,3,6-8,11-18H2,1-2H3,(H2,24,25,26). The summed E-state index contributed by atoms with van der Waals surface area (Å²) in [6.07, 6.45) is 6.21. The van der Waals surface area contributed by atoms with Crippen molar-refractivity contribution in [3.05, 3.63) is 29.8 Å². The molecule has 1 aromatic carbocycles. The van der Waals surface area contributed by atoms with E-state index < -0.39 is 0 Å². The minimum Gasteiger partial charge on any atom is -0.496 e. The van der Waals surface area contributed by atoms with Crippen molar-refractivity contribution in [3.8, 4) is 5.75 Å². The van der Waals surface area contributed by atoms with Crippen LogP contribution in [0.5, 0.6) is 5.75 Å². The Kier molecular flexibility index (Phi) is 9.09. The number of nitrogens with one attached hydrogen (secondary N) is 2. The maximum absolute atomic E-state index is 5.73. The summed E-state index contributed by atoms with van der Waals surface area (Å²) in [5.74, 6) is 2.67. The van der Waals surface area contributed by atoms with Crippen LogP contribution >= 0.6 is 0 Å². The van der Waals surface area contributed by atoms with Crippen LogP contribution < -0.4 is 15.4 Å². The van der Waals surface area contributed by atoms with E-state index in [2.05, 4.69) is 34.6 Å². The Morgan fingerprint density at radius 2 is 2.00 bits per heavy atom. The topological polar surface area (TPSA) is 58.1 Å². The van der Waals surface area contributed by atoms with E-state index in [1.165, 1.54) is 31.2 Å². The lowest BCUT2D eigenvalue weighted by Gasteiger charge is -2.28. The third-order valence-corrected chi connectivity index (χ3v) is 5.65. The Labute approximate surface area is 176 Å². The normalized spacial score (nSPS) is 18.6. The molecule has 0 aromatic heterocycles. The molecule has 0 amide bonds. The maximum Gasteiger partial charge on any atom is 0.191 e. The van der Waals surface area contributed by atoms with E-state index in [4.69, 9.17) is 14.5 Å². The summed E-state index contributed by atoms with van der Waals surface area (Å²) >= 11 is 0. The fourth-order valence-corrected chi connectivity index (χ4v) is 3.84. The Morgan fingerprint density at radius 1 is 1.21 bits per heavy atom. The molecule has 29 heavy (non-hydrogen) atoms. The van der Waals surface area contributed by atoms with Crippen molar-refractivity contribution < 1.29 is 9.47 Å². The molecule has 1 heterocycles. The van der Waals surface area contributed by atoms with Crippen LogP contribution in [0.3, 0.4) is 0 Å². The van der Waals surface area contributed by atoms with Crippen molar-refractivity contribution in [1.29, 1.82) is 0 Å². The quantitative estimate of drug-likeness (QED) is 0.319. The highest BCUT2D eigenvalue weighted by molar-refractivity contribution is 5.79. The van der Waals surface area contributed by atoms with Gasteiger partial charge in [0.2, 0.25) is 0 Å². The molecule has 2 fully saturated rings. The average molecular weight is 403 g/mol. The van der Waals surface area contributed by atoms with Crippen LogP contribution in [0.15, 0.2) is 29.3 Å². The lowest BCUT2D eigenvalue weighted by atomic mass is 10.0. The van der Waals surface area contributed by atoms with Crippen molar-refractivity contribution in [2.75, 3.05) is 53.0 Å². The van der Waals surface area contributed by atoms with Gasteiger partial charge in [0.25, 0.3) is 0 Å². The fourth-order valence-electron chi connectivity index (χ4n) is 3.84. The average Bonchev–Trinajstić information content (AvgIpc) is 3.42. The molecule has 1 saturated carbocycles. The van der Waals surface area contributed by atoms with E-state index in [1.54, 1.807) is 7.11 Å². The van der Waals surface area contributed by atoms with Gasteiger partial charge in [0, 0.05) is 31.9 Å². The number of likely N-dealkylation sites (tertiary alicyclic amines) is 1. The van der Waals surface area contributed by atoms with Crippen LogP contribution in [0.25, 0.3) is 0 Å². The monoisotopic (exact) mass is 402 g/mol. The van der Waals surface area contributed by atoms with E-state index in [0.29, 0.717) is 6.54 Å². The lowest BCUT2D eigenvalue weighted by molar-refractivity contribution is 0.123. The number of hydrogen-bond donors (Lipinski definition) is 2. The number of guanidine groups is 1. The van der Waals surface area contributed by atoms with Crippen LogP contribution in [0.1, 0.15) is 50.6 Å². The molecule has 6 heteroatoms. The fraction of sp³-hybridized carbons (Fsp3) is 0.696. The largest absolute Gasteiger partial charge is 0.496 e. The van der Waals surface area contributed by atoms with Gasteiger partial charge in [0.05, 0.1) is 19.7 Å². The molecule has 0 radical (unpaired) electrons. The van der Waals surface area contributed by atoms with E-state index in [0.717, 1.165) is 63.4 Å². The summed E-state index contributed by atoms with van der Waals surface area (Å²) in [4.78, 5) is 7.46. The molecule has 162 valence electrons. The Hall–Kier alpha value is -1.79. The summed E-state index contributed by atoms with van der Waals surface area (Å²) in [7, 11) is 1.75. The molecule has 2 aliphatic rings. The number of methoxy groups -OCH3 is 1. The predicted molar refractivity (Wildman–Crippen MR) is 119 cm³/mol. The number of rotatable bonds is 12. The van der Waals surface area contributed by atoms with E-state index in [9.17, 15) is 0 Å². The smallest absolute Gasteiger partial charge is 0.191 e. The SMILES string of the molecule is CCNC(=NCC(c1ccccc1OC)N1CCCC1)NCCCOCC1CC1. The van der Waals surface area contributed by atoms with Gasteiger partial charge in [-0.05, 0) is 64.1 Å². The molecular formula is C23H38N4O2. The molecule has 6 nitrogen and oxygen atoms in total. The van der Waals surface area contributed by atoms with Crippen molar-refractivity contribution >= 4 is 5.96 Å². The Morgan fingerprint density at radius 3 is 2.72 bits per heavy atom. The van der Waals surface area contributed by atoms with E-state index >= 15 is 0 Å². The van der Waals surface area contributed by atoms with Crippen LogP contribution in [0.4, 0.5) is 0 Å². The lowest BCUT2D eigenvalue weighted by Crippen LogP contribution is -2.39.